The van der Waals surface area contributed by atoms with Gasteiger partial charge in [-0.1, -0.05) is 80.6 Å². The van der Waals surface area contributed by atoms with Crippen molar-refractivity contribution in [2.24, 2.45) is 0 Å². The number of hydrogen-bond donors (Lipinski definition) is 2. The molecule has 0 radical (unpaired) electrons. The van der Waals surface area contributed by atoms with Crippen LogP contribution in [-0.2, 0) is 22.3 Å². The molecule has 220 valence electrons. The SMILES string of the molecule is CN1C(=CC=CC(=CC=CC2=[N+](C)c3ccc(C(=O)O)cc3C2(C)C)c2ccccc2)C(C)(C)c2cc(COO)ccc21. The van der Waals surface area contributed by atoms with Gasteiger partial charge in [0.2, 0.25) is 5.69 Å². The van der Waals surface area contributed by atoms with Crippen molar-refractivity contribution in [3.05, 3.63) is 137 Å². The van der Waals surface area contributed by atoms with Gasteiger partial charge in [-0.3, -0.25) is 5.26 Å². The first-order valence-corrected chi connectivity index (χ1v) is 14.4. The van der Waals surface area contributed by atoms with Gasteiger partial charge in [0, 0.05) is 41.6 Å². The minimum absolute atomic E-state index is 0.159. The monoisotopic (exact) mass is 575 g/mol. The van der Waals surface area contributed by atoms with Gasteiger partial charge in [-0.25, -0.2) is 9.68 Å². The van der Waals surface area contributed by atoms with E-state index >= 15 is 0 Å². The maximum atomic E-state index is 11.6. The molecule has 2 N–H and O–H groups in total. The van der Waals surface area contributed by atoms with Gasteiger partial charge in [0.05, 0.1) is 11.0 Å². The van der Waals surface area contributed by atoms with Gasteiger partial charge in [-0.15, -0.1) is 0 Å². The number of carboxylic acids is 1. The minimum atomic E-state index is -0.917. The van der Waals surface area contributed by atoms with Crippen LogP contribution in [0.5, 0.6) is 0 Å². The Labute approximate surface area is 253 Å². The molecule has 6 nitrogen and oxygen atoms in total. The Kier molecular flexibility index (Phi) is 8.10. The molecule has 2 aliphatic heterocycles. The summed E-state index contributed by atoms with van der Waals surface area (Å²) in [5.74, 6) is -0.917. The number of allylic oxidation sites excluding steroid dienone is 8. The van der Waals surface area contributed by atoms with Crippen LogP contribution in [0.1, 0.15) is 60.3 Å². The van der Waals surface area contributed by atoms with Crippen LogP contribution in [0.3, 0.4) is 0 Å². The first kappa shape index (κ1) is 30.0. The van der Waals surface area contributed by atoms with Crippen molar-refractivity contribution in [3.63, 3.8) is 0 Å². The number of aromatic carboxylic acids is 1. The second kappa shape index (κ2) is 11.6. The summed E-state index contributed by atoms with van der Waals surface area (Å²) in [6, 6.07) is 21.8. The quantitative estimate of drug-likeness (QED) is 0.124. The highest BCUT2D eigenvalue weighted by atomic mass is 17.1. The Balaban J connectivity index is 1.46. The molecular weight excluding hydrogens is 536 g/mol. The number of benzene rings is 3. The smallest absolute Gasteiger partial charge is 0.335 e. The molecule has 0 aliphatic carbocycles. The number of anilines is 1. The molecule has 0 amide bonds. The fraction of sp³-hybridized carbons (Fsp3) is 0.243. The summed E-state index contributed by atoms with van der Waals surface area (Å²) in [4.78, 5) is 18.2. The number of nitrogens with zero attached hydrogens (tertiary/aromatic N) is 2. The van der Waals surface area contributed by atoms with E-state index in [9.17, 15) is 9.90 Å². The zero-order valence-electron chi connectivity index (χ0n) is 25.6. The molecule has 0 atom stereocenters. The first-order chi connectivity index (χ1) is 20.5. The summed E-state index contributed by atoms with van der Waals surface area (Å²) in [5, 5.41) is 18.5. The number of carbonyl (C=O) groups is 1. The van der Waals surface area contributed by atoms with Gasteiger partial charge >= 0.3 is 5.97 Å². The molecule has 0 bridgehead atoms. The number of fused-ring (bicyclic) bond motifs is 2. The van der Waals surface area contributed by atoms with Crippen molar-refractivity contribution in [2.75, 3.05) is 19.0 Å². The second-order valence-corrected chi connectivity index (χ2v) is 12.2. The maximum absolute atomic E-state index is 11.6. The fourth-order valence-electron chi connectivity index (χ4n) is 6.38. The van der Waals surface area contributed by atoms with Gasteiger partial charge in [0.15, 0.2) is 5.71 Å². The summed E-state index contributed by atoms with van der Waals surface area (Å²) >= 11 is 0. The van der Waals surface area contributed by atoms with Gasteiger partial charge in [-0.05, 0) is 60.4 Å². The lowest BCUT2D eigenvalue weighted by Gasteiger charge is -2.23. The van der Waals surface area contributed by atoms with Crippen molar-refractivity contribution in [3.8, 4) is 0 Å². The lowest BCUT2D eigenvalue weighted by molar-refractivity contribution is -0.401. The highest BCUT2D eigenvalue weighted by Gasteiger charge is 2.43. The number of carboxylic acid groups (broad SMARTS) is 1. The molecular formula is C37H39N2O4+. The maximum Gasteiger partial charge on any atom is 0.335 e. The van der Waals surface area contributed by atoms with Crippen LogP contribution in [0.2, 0.25) is 0 Å². The summed E-state index contributed by atoms with van der Waals surface area (Å²) in [6.45, 7) is 8.85. The number of likely N-dealkylation sites (N-methyl/N-ethyl adjacent to an activating group) is 1. The Morgan fingerprint density at radius 2 is 1.67 bits per heavy atom. The van der Waals surface area contributed by atoms with E-state index in [-0.39, 0.29) is 17.4 Å². The molecule has 3 aromatic carbocycles. The van der Waals surface area contributed by atoms with Crippen molar-refractivity contribution in [2.45, 2.75) is 45.1 Å². The largest absolute Gasteiger partial charge is 0.478 e. The topological polar surface area (TPSA) is 73.0 Å². The van der Waals surface area contributed by atoms with E-state index in [0.29, 0.717) is 5.56 Å². The Morgan fingerprint density at radius 3 is 2.37 bits per heavy atom. The summed E-state index contributed by atoms with van der Waals surface area (Å²) in [5.41, 5.74) is 9.48. The molecule has 0 saturated carbocycles. The van der Waals surface area contributed by atoms with Crippen LogP contribution in [0.4, 0.5) is 11.4 Å². The lowest BCUT2D eigenvalue weighted by Crippen LogP contribution is -2.26. The van der Waals surface area contributed by atoms with Crippen LogP contribution in [-0.4, -0.2) is 40.7 Å². The Bertz CT molecular complexity index is 1720. The van der Waals surface area contributed by atoms with Crippen molar-refractivity contribution < 1.29 is 24.6 Å². The molecule has 2 heterocycles. The van der Waals surface area contributed by atoms with Gasteiger partial charge < -0.3 is 10.0 Å². The van der Waals surface area contributed by atoms with Crippen LogP contribution < -0.4 is 4.90 Å². The highest BCUT2D eigenvalue weighted by Crippen LogP contribution is 2.47. The van der Waals surface area contributed by atoms with E-state index in [1.165, 1.54) is 11.3 Å². The molecule has 3 aromatic rings. The van der Waals surface area contributed by atoms with Crippen molar-refractivity contribution in [1.82, 2.24) is 0 Å². The first-order valence-electron chi connectivity index (χ1n) is 14.4. The summed E-state index contributed by atoms with van der Waals surface area (Å²) in [6.07, 6.45) is 12.7. The number of rotatable bonds is 8. The third-order valence-electron chi connectivity index (χ3n) is 8.78. The third kappa shape index (κ3) is 5.52. The van der Waals surface area contributed by atoms with E-state index in [2.05, 4.69) is 110 Å². The molecule has 0 fully saturated rings. The molecule has 2 aliphatic rings. The van der Waals surface area contributed by atoms with Crippen LogP contribution in [0.25, 0.3) is 5.57 Å². The molecule has 5 rings (SSSR count). The zero-order chi connectivity index (χ0) is 30.9. The van der Waals surface area contributed by atoms with E-state index in [1.807, 2.05) is 37.4 Å². The van der Waals surface area contributed by atoms with E-state index < -0.39 is 5.97 Å². The molecule has 6 heteroatoms. The zero-order valence-corrected chi connectivity index (χ0v) is 25.6. The Morgan fingerprint density at radius 1 is 0.930 bits per heavy atom. The van der Waals surface area contributed by atoms with Gasteiger partial charge in [-0.2, -0.15) is 4.58 Å². The van der Waals surface area contributed by atoms with Crippen molar-refractivity contribution >= 4 is 28.6 Å². The predicted octanol–water partition coefficient (Wildman–Crippen LogP) is 7.89. The highest BCUT2D eigenvalue weighted by molar-refractivity contribution is 6.04. The van der Waals surface area contributed by atoms with Gasteiger partial charge in [0.1, 0.15) is 13.7 Å². The third-order valence-corrected chi connectivity index (χ3v) is 8.78. The average molecular weight is 576 g/mol. The molecule has 43 heavy (non-hydrogen) atoms. The average Bonchev–Trinajstić information content (AvgIpc) is 3.29. The molecule has 0 saturated heterocycles. The molecule has 0 unspecified atom stereocenters. The lowest BCUT2D eigenvalue weighted by atomic mass is 9.81. The minimum Gasteiger partial charge on any atom is -0.478 e. The van der Waals surface area contributed by atoms with Crippen LogP contribution >= 0.6 is 0 Å². The Hall–Kier alpha value is -4.52. The van der Waals surface area contributed by atoms with Crippen LogP contribution in [0, 0.1) is 0 Å². The predicted molar refractivity (Wildman–Crippen MR) is 173 cm³/mol. The standard InChI is InChI=1S/C37H38N2O4/c1-36(2)29-22-25(24-43-42)18-20-31(29)38(5)33(36)16-10-14-27(26-12-8-7-9-13-26)15-11-17-34-37(3,4)30-23-28(35(40)41)19-21-32(30)39(34)6/h7-23H,24H2,1-6H3,(H-,40,41,42)/p+1. The number of hydrogen-bond acceptors (Lipinski definition) is 4. The van der Waals surface area contributed by atoms with Crippen molar-refractivity contribution in [1.29, 1.82) is 0 Å². The van der Waals surface area contributed by atoms with E-state index in [1.54, 1.807) is 12.1 Å². The van der Waals surface area contributed by atoms with E-state index in [0.717, 1.165) is 39.3 Å². The summed E-state index contributed by atoms with van der Waals surface area (Å²) < 4.78 is 2.14. The van der Waals surface area contributed by atoms with Gasteiger partial charge in [0.25, 0.3) is 0 Å². The molecule has 0 aromatic heterocycles. The second-order valence-electron chi connectivity index (χ2n) is 12.2. The summed E-state index contributed by atoms with van der Waals surface area (Å²) in [7, 11) is 4.11. The fourth-order valence-corrected chi connectivity index (χ4v) is 6.38. The van der Waals surface area contributed by atoms with Crippen LogP contribution in [0.15, 0.2) is 109 Å². The van der Waals surface area contributed by atoms with E-state index in [4.69, 9.17) is 5.26 Å². The molecule has 0 spiro atoms. The normalized spacial score (nSPS) is 18.3.